The Morgan fingerprint density at radius 2 is 1.96 bits per heavy atom. The van der Waals surface area contributed by atoms with E-state index in [0.29, 0.717) is 10.6 Å². The summed E-state index contributed by atoms with van der Waals surface area (Å²) >= 11 is 7.07. The molecule has 1 aliphatic heterocycles. The predicted molar refractivity (Wildman–Crippen MR) is 93.3 cm³/mol. The Morgan fingerprint density at radius 3 is 2.60 bits per heavy atom. The zero-order chi connectivity index (χ0) is 18.2. The van der Waals surface area contributed by atoms with Crippen molar-refractivity contribution >= 4 is 50.2 Å². The van der Waals surface area contributed by atoms with Crippen LogP contribution in [0.4, 0.5) is 10.1 Å². The summed E-state index contributed by atoms with van der Waals surface area (Å²) in [5.74, 6) is -1.16. The Bertz CT molecular complexity index is 991. The van der Waals surface area contributed by atoms with E-state index in [4.69, 9.17) is 11.6 Å². The number of benzene rings is 2. The highest BCUT2D eigenvalue weighted by Gasteiger charge is 2.29. The lowest BCUT2D eigenvalue weighted by molar-refractivity contribution is 0.0600. The van der Waals surface area contributed by atoms with Crippen molar-refractivity contribution in [2.75, 3.05) is 12.4 Å². The fraction of sp³-hybridized carbons (Fsp3) is 0.0667. The molecule has 10 heteroatoms. The van der Waals surface area contributed by atoms with Gasteiger partial charge in [-0.25, -0.2) is 9.18 Å². The molecule has 1 N–H and O–H groups in total. The molecule has 6 nitrogen and oxygen atoms in total. The van der Waals surface area contributed by atoms with Crippen LogP contribution in [0.3, 0.4) is 0 Å². The smallest absolute Gasteiger partial charge is 0.339 e. The van der Waals surface area contributed by atoms with Crippen molar-refractivity contribution in [3.8, 4) is 0 Å². The van der Waals surface area contributed by atoms with Gasteiger partial charge >= 0.3 is 5.97 Å². The summed E-state index contributed by atoms with van der Waals surface area (Å²) < 4.78 is 46.0. The largest absolute Gasteiger partial charge is 0.465 e. The monoisotopic (exact) mass is 400 g/mol. The second-order valence-electron chi connectivity index (χ2n) is 4.88. The van der Waals surface area contributed by atoms with E-state index in [1.165, 1.54) is 37.4 Å². The van der Waals surface area contributed by atoms with Crippen LogP contribution in [0, 0.1) is 5.82 Å². The molecule has 0 saturated carbocycles. The van der Waals surface area contributed by atoms with Gasteiger partial charge in [0.2, 0.25) is 0 Å². The second-order valence-corrected chi connectivity index (χ2v) is 7.89. The van der Waals surface area contributed by atoms with E-state index >= 15 is 0 Å². The molecule has 0 aromatic heterocycles. The number of thioether (sulfide) groups is 1. The Balaban J connectivity index is 1.99. The minimum absolute atomic E-state index is 0.0581. The van der Waals surface area contributed by atoms with E-state index in [1.54, 1.807) is 0 Å². The SMILES string of the molecule is COC(=O)c1cc2c(cc1Cl)SC(Nc1ccc(F)cc1)=NS2(=O)=O. The van der Waals surface area contributed by atoms with Gasteiger partial charge in [-0.3, -0.25) is 0 Å². The quantitative estimate of drug-likeness (QED) is 0.776. The number of hydrogen-bond acceptors (Lipinski definition) is 6. The molecule has 1 heterocycles. The van der Waals surface area contributed by atoms with E-state index in [9.17, 15) is 17.6 Å². The average Bonchev–Trinajstić information content (AvgIpc) is 2.55. The van der Waals surface area contributed by atoms with Gasteiger partial charge in [-0.05, 0) is 48.2 Å². The van der Waals surface area contributed by atoms with Gasteiger partial charge in [0.05, 0.1) is 17.7 Å². The van der Waals surface area contributed by atoms with Crippen LogP contribution in [0.25, 0.3) is 0 Å². The first kappa shape index (κ1) is 17.7. The number of carbonyl (C=O) groups is 1. The third-order valence-electron chi connectivity index (χ3n) is 3.22. The summed E-state index contributed by atoms with van der Waals surface area (Å²) in [6, 6.07) is 7.88. The van der Waals surface area contributed by atoms with Gasteiger partial charge in [0.1, 0.15) is 10.7 Å². The zero-order valence-corrected chi connectivity index (χ0v) is 15.0. The number of rotatable bonds is 2. The van der Waals surface area contributed by atoms with Crippen molar-refractivity contribution in [1.29, 1.82) is 0 Å². The zero-order valence-electron chi connectivity index (χ0n) is 12.6. The highest BCUT2D eigenvalue weighted by molar-refractivity contribution is 8.15. The summed E-state index contributed by atoms with van der Waals surface area (Å²) in [7, 11) is -2.87. The molecule has 0 radical (unpaired) electrons. The normalized spacial score (nSPS) is 15.1. The van der Waals surface area contributed by atoms with Crippen LogP contribution in [0.5, 0.6) is 0 Å². The molecule has 0 spiro atoms. The molecular formula is C15H10ClFN2O4S2. The van der Waals surface area contributed by atoms with Crippen molar-refractivity contribution in [3.05, 3.63) is 52.8 Å². The summed E-state index contributed by atoms with van der Waals surface area (Å²) in [5, 5.41) is 2.96. The number of methoxy groups -OCH3 is 1. The summed E-state index contributed by atoms with van der Waals surface area (Å²) in [6.07, 6.45) is 0. The Morgan fingerprint density at radius 1 is 1.28 bits per heavy atom. The summed E-state index contributed by atoms with van der Waals surface area (Å²) in [5.41, 5.74) is 0.417. The number of ether oxygens (including phenoxy) is 1. The minimum atomic E-state index is -4.04. The molecule has 0 atom stereocenters. The molecule has 1 aliphatic rings. The van der Waals surface area contributed by atoms with E-state index < -0.39 is 21.8 Å². The molecule has 0 unspecified atom stereocenters. The Kier molecular flexibility index (Phi) is 4.72. The maximum absolute atomic E-state index is 13.0. The highest BCUT2D eigenvalue weighted by Crippen LogP contribution is 2.38. The Labute approximate surface area is 152 Å². The third-order valence-corrected chi connectivity index (χ3v) is 6.04. The minimum Gasteiger partial charge on any atom is -0.465 e. The third kappa shape index (κ3) is 3.63. The van der Waals surface area contributed by atoms with E-state index in [2.05, 4.69) is 14.5 Å². The van der Waals surface area contributed by atoms with E-state index in [1.807, 2.05) is 0 Å². The number of nitrogens with zero attached hydrogens (tertiary/aromatic N) is 1. The topological polar surface area (TPSA) is 84.8 Å². The fourth-order valence-electron chi connectivity index (χ4n) is 2.07. The molecule has 2 aromatic carbocycles. The molecule has 0 saturated heterocycles. The van der Waals surface area contributed by atoms with Crippen molar-refractivity contribution in [2.45, 2.75) is 9.79 Å². The number of hydrogen-bond donors (Lipinski definition) is 1. The standard InChI is InChI=1S/C15H10ClFN2O4S2/c1-23-14(20)10-6-13-12(7-11(10)16)24-15(19-25(13,21)22)18-9-4-2-8(17)3-5-9/h2-7H,1H3,(H,18,19). The molecule has 25 heavy (non-hydrogen) atoms. The van der Waals surface area contributed by atoms with Crippen LogP contribution in [-0.4, -0.2) is 26.7 Å². The first-order chi connectivity index (χ1) is 11.8. The lowest BCUT2D eigenvalue weighted by Crippen LogP contribution is -2.17. The predicted octanol–water partition coefficient (Wildman–Crippen LogP) is 3.53. The summed E-state index contributed by atoms with van der Waals surface area (Å²) in [4.78, 5) is 11.9. The van der Waals surface area contributed by atoms with Gasteiger partial charge in [-0.2, -0.15) is 8.42 Å². The number of halogens is 2. The van der Waals surface area contributed by atoms with Crippen molar-refractivity contribution in [3.63, 3.8) is 0 Å². The first-order valence-corrected chi connectivity index (χ1v) is 9.41. The number of anilines is 1. The van der Waals surface area contributed by atoms with Crippen molar-refractivity contribution < 1.29 is 22.3 Å². The van der Waals surface area contributed by atoms with Gasteiger partial charge in [0.25, 0.3) is 10.0 Å². The number of amidine groups is 1. The molecule has 3 rings (SSSR count). The molecule has 130 valence electrons. The number of fused-ring (bicyclic) bond motifs is 1. The molecular weight excluding hydrogens is 391 g/mol. The molecule has 2 aromatic rings. The maximum Gasteiger partial charge on any atom is 0.339 e. The highest BCUT2D eigenvalue weighted by atomic mass is 35.5. The van der Waals surface area contributed by atoms with E-state index in [-0.39, 0.29) is 20.6 Å². The van der Waals surface area contributed by atoms with Crippen LogP contribution < -0.4 is 5.32 Å². The van der Waals surface area contributed by atoms with Gasteiger partial charge in [0.15, 0.2) is 5.17 Å². The average molecular weight is 401 g/mol. The molecule has 0 amide bonds. The van der Waals surface area contributed by atoms with Crippen LogP contribution in [0.15, 0.2) is 50.6 Å². The lowest BCUT2D eigenvalue weighted by atomic mass is 10.2. The second kappa shape index (κ2) is 6.66. The first-order valence-electron chi connectivity index (χ1n) is 6.77. The van der Waals surface area contributed by atoms with Crippen LogP contribution in [0.1, 0.15) is 10.4 Å². The Hall–Kier alpha value is -2.10. The van der Waals surface area contributed by atoms with Gasteiger partial charge in [-0.1, -0.05) is 11.6 Å². The fourth-order valence-corrected chi connectivity index (χ4v) is 4.91. The number of sulfonamides is 1. The maximum atomic E-state index is 13.0. The van der Waals surface area contributed by atoms with Gasteiger partial charge in [0, 0.05) is 10.6 Å². The molecule has 0 fully saturated rings. The molecule has 0 bridgehead atoms. The van der Waals surface area contributed by atoms with Crippen LogP contribution >= 0.6 is 23.4 Å². The van der Waals surface area contributed by atoms with Gasteiger partial charge < -0.3 is 10.1 Å². The number of carbonyl (C=O) groups excluding carboxylic acids is 1. The number of nitrogens with one attached hydrogen (secondary N) is 1. The number of esters is 1. The van der Waals surface area contributed by atoms with Crippen LogP contribution in [-0.2, 0) is 14.8 Å². The summed E-state index contributed by atoms with van der Waals surface area (Å²) in [6.45, 7) is 0. The van der Waals surface area contributed by atoms with Gasteiger partial charge in [-0.15, -0.1) is 4.40 Å². The van der Waals surface area contributed by atoms with Crippen molar-refractivity contribution in [2.24, 2.45) is 4.40 Å². The van der Waals surface area contributed by atoms with E-state index in [0.717, 1.165) is 17.8 Å². The van der Waals surface area contributed by atoms with Crippen LogP contribution in [0.2, 0.25) is 5.02 Å². The van der Waals surface area contributed by atoms with Crippen molar-refractivity contribution in [1.82, 2.24) is 0 Å². The lowest BCUT2D eigenvalue weighted by Gasteiger charge is -2.17. The molecule has 0 aliphatic carbocycles.